The molecule has 138 valence electrons. The Morgan fingerprint density at radius 3 is 2.73 bits per heavy atom. The number of piperidine rings is 1. The van der Waals surface area contributed by atoms with Crippen LogP contribution in [0.25, 0.3) is 0 Å². The smallest absolute Gasteiger partial charge is 0.241 e. The van der Waals surface area contributed by atoms with Gasteiger partial charge in [-0.2, -0.15) is 0 Å². The molecule has 3 rings (SSSR count). The Morgan fingerprint density at radius 1 is 1.23 bits per heavy atom. The van der Waals surface area contributed by atoms with E-state index >= 15 is 0 Å². The Bertz CT molecular complexity index is 746. The number of carbonyl (C=O) groups excluding carboxylic acids is 1. The lowest BCUT2D eigenvalue weighted by molar-refractivity contribution is -0.130. The molecule has 0 saturated carbocycles. The maximum atomic E-state index is 12.4. The summed E-state index contributed by atoms with van der Waals surface area (Å²) in [5.41, 5.74) is 0.793. The minimum atomic E-state index is 0.114. The van der Waals surface area contributed by atoms with Crippen LogP contribution in [0, 0.1) is 12.8 Å². The monoisotopic (exact) mass is 373 g/mol. The van der Waals surface area contributed by atoms with Gasteiger partial charge in [-0.1, -0.05) is 23.7 Å². The molecule has 6 nitrogen and oxygen atoms in total. The number of aromatic nitrogens is 2. The third-order valence-electron chi connectivity index (χ3n) is 4.62. The van der Waals surface area contributed by atoms with Crippen molar-refractivity contribution in [1.82, 2.24) is 14.9 Å². The molecule has 2 heterocycles. The number of para-hydroxylation sites is 1. The molecule has 1 aromatic carbocycles. The standard InChI is InChI=1S/C19H24ClN5O/c1-14-21-9-6-18(24-14)23-12-15-7-10-25(11-8-15)19(26)13-22-17-5-3-2-4-16(17)20/h2-6,9,15,22H,7-8,10-13H2,1H3,(H,21,23,24). The van der Waals surface area contributed by atoms with Crippen molar-refractivity contribution in [2.24, 2.45) is 5.92 Å². The van der Waals surface area contributed by atoms with Crippen molar-refractivity contribution in [2.45, 2.75) is 19.8 Å². The van der Waals surface area contributed by atoms with E-state index in [2.05, 4.69) is 20.6 Å². The van der Waals surface area contributed by atoms with Crippen LogP contribution < -0.4 is 10.6 Å². The van der Waals surface area contributed by atoms with E-state index in [1.165, 1.54) is 0 Å². The Hall–Kier alpha value is -2.34. The molecule has 7 heteroatoms. The van der Waals surface area contributed by atoms with Crippen LogP contribution >= 0.6 is 11.6 Å². The van der Waals surface area contributed by atoms with E-state index in [-0.39, 0.29) is 12.5 Å². The number of nitrogens with one attached hydrogen (secondary N) is 2. The van der Waals surface area contributed by atoms with Gasteiger partial charge in [0.25, 0.3) is 0 Å². The number of rotatable bonds is 6. The van der Waals surface area contributed by atoms with E-state index in [1.54, 1.807) is 6.20 Å². The molecule has 0 atom stereocenters. The zero-order valence-corrected chi connectivity index (χ0v) is 15.7. The molecule has 0 aliphatic carbocycles. The predicted octanol–water partition coefficient (Wildman–Crippen LogP) is 3.20. The number of benzene rings is 1. The van der Waals surface area contributed by atoms with Crippen molar-refractivity contribution in [1.29, 1.82) is 0 Å². The van der Waals surface area contributed by atoms with Crippen LogP contribution in [-0.4, -0.2) is 47.0 Å². The van der Waals surface area contributed by atoms with Crippen molar-refractivity contribution in [3.63, 3.8) is 0 Å². The van der Waals surface area contributed by atoms with E-state index in [9.17, 15) is 4.79 Å². The summed E-state index contributed by atoms with van der Waals surface area (Å²) in [5.74, 6) is 2.29. The summed E-state index contributed by atoms with van der Waals surface area (Å²) >= 11 is 6.10. The molecule has 1 amide bonds. The largest absolute Gasteiger partial charge is 0.375 e. The third kappa shape index (κ3) is 5.08. The molecule has 0 radical (unpaired) electrons. The number of amides is 1. The van der Waals surface area contributed by atoms with E-state index in [1.807, 2.05) is 42.2 Å². The normalized spacial score (nSPS) is 14.9. The van der Waals surface area contributed by atoms with E-state index in [4.69, 9.17) is 11.6 Å². The second-order valence-corrected chi connectivity index (χ2v) is 6.93. The maximum Gasteiger partial charge on any atom is 0.241 e. The van der Waals surface area contributed by atoms with Crippen molar-refractivity contribution in [3.8, 4) is 0 Å². The third-order valence-corrected chi connectivity index (χ3v) is 4.95. The van der Waals surface area contributed by atoms with Crippen LogP contribution in [0.3, 0.4) is 0 Å². The van der Waals surface area contributed by atoms with Crippen LogP contribution in [-0.2, 0) is 4.79 Å². The van der Waals surface area contributed by atoms with Crippen LogP contribution in [0.4, 0.5) is 11.5 Å². The summed E-state index contributed by atoms with van der Waals surface area (Å²) in [5, 5.41) is 7.12. The topological polar surface area (TPSA) is 70.2 Å². The van der Waals surface area contributed by atoms with Gasteiger partial charge in [0.05, 0.1) is 17.3 Å². The highest BCUT2D eigenvalue weighted by molar-refractivity contribution is 6.33. The average molecular weight is 374 g/mol. The first-order valence-electron chi connectivity index (χ1n) is 8.91. The van der Waals surface area contributed by atoms with Gasteiger partial charge in [0.2, 0.25) is 5.91 Å². The predicted molar refractivity (Wildman–Crippen MR) is 105 cm³/mol. The molecular formula is C19H24ClN5O. The lowest BCUT2D eigenvalue weighted by Gasteiger charge is -2.32. The van der Waals surface area contributed by atoms with Gasteiger partial charge in [0.1, 0.15) is 11.6 Å². The Morgan fingerprint density at radius 2 is 2.00 bits per heavy atom. The molecule has 1 fully saturated rings. The lowest BCUT2D eigenvalue weighted by Crippen LogP contribution is -2.42. The minimum Gasteiger partial charge on any atom is -0.375 e. The van der Waals surface area contributed by atoms with E-state index < -0.39 is 0 Å². The number of hydrogen-bond donors (Lipinski definition) is 2. The summed E-state index contributed by atoms with van der Waals surface area (Å²) in [6.07, 6.45) is 3.75. The molecule has 1 aliphatic rings. The highest BCUT2D eigenvalue weighted by atomic mass is 35.5. The summed E-state index contributed by atoms with van der Waals surface area (Å²) in [7, 11) is 0. The zero-order valence-electron chi connectivity index (χ0n) is 14.9. The number of hydrogen-bond acceptors (Lipinski definition) is 5. The molecule has 1 aliphatic heterocycles. The fraction of sp³-hybridized carbons (Fsp3) is 0.421. The van der Waals surface area contributed by atoms with Crippen molar-refractivity contribution in [2.75, 3.05) is 36.8 Å². The molecule has 26 heavy (non-hydrogen) atoms. The number of likely N-dealkylation sites (tertiary alicyclic amines) is 1. The molecular weight excluding hydrogens is 350 g/mol. The van der Waals surface area contributed by atoms with E-state index in [0.29, 0.717) is 10.9 Å². The molecule has 2 N–H and O–H groups in total. The lowest BCUT2D eigenvalue weighted by atomic mass is 9.96. The zero-order chi connectivity index (χ0) is 18.4. The first-order valence-corrected chi connectivity index (χ1v) is 9.29. The Balaban J connectivity index is 1.40. The van der Waals surface area contributed by atoms with Gasteiger partial charge in [-0.25, -0.2) is 9.97 Å². The van der Waals surface area contributed by atoms with Gasteiger partial charge in [-0.05, 0) is 43.9 Å². The Kier molecular flexibility index (Phi) is 6.28. The number of aryl methyl sites for hydroxylation is 1. The SMILES string of the molecule is Cc1nccc(NCC2CCN(C(=O)CNc3ccccc3Cl)CC2)n1. The molecule has 0 unspecified atom stereocenters. The molecule has 1 saturated heterocycles. The van der Waals surface area contributed by atoms with Gasteiger partial charge in [0.15, 0.2) is 0 Å². The Labute approximate surface area is 159 Å². The molecule has 0 bridgehead atoms. The highest BCUT2D eigenvalue weighted by Gasteiger charge is 2.22. The fourth-order valence-corrected chi connectivity index (χ4v) is 3.28. The van der Waals surface area contributed by atoms with Gasteiger partial charge < -0.3 is 15.5 Å². The number of halogens is 1. The first kappa shape index (κ1) is 18.5. The summed E-state index contributed by atoms with van der Waals surface area (Å²) < 4.78 is 0. The second kappa shape index (κ2) is 8.85. The first-order chi connectivity index (χ1) is 12.6. The van der Waals surface area contributed by atoms with Gasteiger partial charge in [0, 0.05) is 25.8 Å². The van der Waals surface area contributed by atoms with Crippen LogP contribution in [0.1, 0.15) is 18.7 Å². The maximum absolute atomic E-state index is 12.4. The fourth-order valence-electron chi connectivity index (χ4n) is 3.08. The molecule has 2 aromatic rings. The van der Waals surface area contributed by atoms with Crippen LogP contribution in [0.2, 0.25) is 5.02 Å². The summed E-state index contributed by atoms with van der Waals surface area (Å²) in [6, 6.07) is 9.34. The summed E-state index contributed by atoms with van der Waals surface area (Å²) in [6.45, 7) is 4.60. The van der Waals surface area contributed by atoms with Crippen LogP contribution in [0.15, 0.2) is 36.5 Å². The minimum absolute atomic E-state index is 0.114. The van der Waals surface area contributed by atoms with E-state index in [0.717, 1.165) is 49.8 Å². The quantitative estimate of drug-likeness (QED) is 0.813. The molecule has 0 spiro atoms. The second-order valence-electron chi connectivity index (χ2n) is 6.53. The highest BCUT2D eigenvalue weighted by Crippen LogP contribution is 2.21. The van der Waals surface area contributed by atoms with Gasteiger partial charge >= 0.3 is 0 Å². The molecule has 1 aromatic heterocycles. The van der Waals surface area contributed by atoms with Crippen molar-refractivity contribution < 1.29 is 4.79 Å². The van der Waals surface area contributed by atoms with Crippen LogP contribution in [0.5, 0.6) is 0 Å². The number of nitrogens with zero attached hydrogens (tertiary/aromatic N) is 3. The number of carbonyl (C=O) groups is 1. The summed E-state index contributed by atoms with van der Waals surface area (Å²) in [4.78, 5) is 22.8. The van der Waals surface area contributed by atoms with Gasteiger partial charge in [-0.3, -0.25) is 4.79 Å². The average Bonchev–Trinajstić information content (AvgIpc) is 2.66. The number of anilines is 2. The van der Waals surface area contributed by atoms with Crippen molar-refractivity contribution >= 4 is 29.0 Å². The van der Waals surface area contributed by atoms with Gasteiger partial charge in [-0.15, -0.1) is 0 Å². The van der Waals surface area contributed by atoms with Crippen molar-refractivity contribution in [3.05, 3.63) is 47.4 Å².